The lowest BCUT2D eigenvalue weighted by atomic mass is 10.2. The number of rotatable bonds is 3. The zero-order chi connectivity index (χ0) is 14.9. The number of nitrogens with zero attached hydrogens (tertiary/aromatic N) is 1. The second kappa shape index (κ2) is 5.45. The molecule has 1 unspecified atom stereocenters. The van der Waals surface area contributed by atoms with Crippen molar-refractivity contribution >= 4 is 15.9 Å². The smallest absolute Gasteiger partial charge is 0.246 e. The predicted molar refractivity (Wildman–Crippen MR) is 67.3 cm³/mol. The summed E-state index contributed by atoms with van der Waals surface area (Å²) in [5, 5.41) is 2.37. The average molecular weight is 304 g/mol. The number of benzene rings is 1. The maximum atomic E-state index is 13.7. The summed E-state index contributed by atoms with van der Waals surface area (Å²) in [5.74, 6) is -2.34. The molecule has 0 aliphatic carbocycles. The molecule has 1 heterocycles. The molecule has 1 aromatic carbocycles. The highest BCUT2D eigenvalue weighted by Gasteiger charge is 2.40. The highest BCUT2D eigenvalue weighted by atomic mass is 32.2. The van der Waals surface area contributed by atoms with E-state index in [0.29, 0.717) is 18.9 Å². The molecule has 1 aliphatic rings. The van der Waals surface area contributed by atoms with E-state index in [0.717, 1.165) is 16.4 Å². The molecular formula is C12H14F2N2O3S. The minimum Gasteiger partial charge on any atom is -0.358 e. The first-order valence-electron chi connectivity index (χ1n) is 6.06. The van der Waals surface area contributed by atoms with Crippen molar-refractivity contribution in [1.82, 2.24) is 9.62 Å². The van der Waals surface area contributed by atoms with Crippen molar-refractivity contribution in [3.63, 3.8) is 0 Å². The summed E-state index contributed by atoms with van der Waals surface area (Å²) >= 11 is 0. The molecule has 0 radical (unpaired) electrons. The van der Waals surface area contributed by atoms with Crippen LogP contribution in [0.3, 0.4) is 0 Å². The summed E-state index contributed by atoms with van der Waals surface area (Å²) in [6.07, 6.45) is 0.851. The van der Waals surface area contributed by atoms with Gasteiger partial charge in [-0.2, -0.15) is 4.31 Å². The Morgan fingerprint density at radius 3 is 2.75 bits per heavy atom. The van der Waals surface area contributed by atoms with E-state index in [1.54, 1.807) is 0 Å². The number of likely N-dealkylation sites (N-methyl/N-ethyl adjacent to an activating group) is 1. The van der Waals surface area contributed by atoms with Crippen LogP contribution in [0.1, 0.15) is 12.8 Å². The van der Waals surface area contributed by atoms with Gasteiger partial charge < -0.3 is 5.32 Å². The lowest BCUT2D eigenvalue weighted by molar-refractivity contribution is -0.123. The van der Waals surface area contributed by atoms with Crippen molar-refractivity contribution in [1.29, 1.82) is 0 Å². The van der Waals surface area contributed by atoms with Crippen LogP contribution in [-0.2, 0) is 14.8 Å². The SMILES string of the molecule is CNC(=O)C1CCCN1S(=O)(=O)c1cc(F)ccc1F. The molecule has 110 valence electrons. The number of carbonyl (C=O) groups excluding carboxylic acids is 1. The molecule has 1 fully saturated rings. The quantitative estimate of drug-likeness (QED) is 0.901. The van der Waals surface area contributed by atoms with Crippen molar-refractivity contribution in [3.8, 4) is 0 Å². The molecule has 1 N–H and O–H groups in total. The summed E-state index contributed by atoms with van der Waals surface area (Å²) in [6, 6.07) is 1.35. The van der Waals surface area contributed by atoms with E-state index in [9.17, 15) is 22.0 Å². The van der Waals surface area contributed by atoms with Gasteiger partial charge in [-0.3, -0.25) is 4.79 Å². The molecule has 8 heteroatoms. The summed E-state index contributed by atoms with van der Waals surface area (Å²) < 4.78 is 52.5. The molecular weight excluding hydrogens is 290 g/mol. The van der Waals surface area contributed by atoms with Crippen molar-refractivity contribution in [3.05, 3.63) is 29.8 Å². The van der Waals surface area contributed by atoms with E-state index in [1.807, 2.05) is 0 Å². The van der Waals surface area contributed by atoms with Crippen LogP contribution in [0.15, 0.2) is 23.1 Å². The molecule has 1 amide bonds. The Morgan fingerprint density at radius 1 is 1.40 bits per heavy atom. The Kier molecular flexibility index (Phi) is 4.05. The number of hydrogen-bond donors (Lipinski definition) is 1. The average Bonchev–Trinajstić information content (AvgIpc) is 2.90. The Morgan fingerprint density at radius 2 is 2.10 bits per heavy atom. The van der Waals surface area contributed by atoms with Crippen molar-refractivity contribution in [2.24, 2.45) is 0 Å². The Bertz CT molecular complexity index is 634. The van der Waals surface area contributed by atoms with Gasteiger partial charge in [-0.05, 0) is 31.0 Å². The van der Waals surface area contributed by atoms with Gasteiger partial charge in [0.2, 0.25) is 15.9 Å². The maximum absolute atomic E-state index is 13.7. The predicted octanol–water partition coefficient (Wildman–Crippen LogP) is 0.864. The maximum Gasteiger partial charge on any atom is 0.246 e. The topological polar surface area (TPSA) is 66.5 Å². The zero-order valence-electron chi connectivity index (χ0n) is 10.8. The Labute approximate surface area is 115 Å². The number of hydrogen-bond acceptors (Lipinski definition) is 3. The van der Waals surface area contributed by atoms with Gasteiger partial charge >= 0.3 is 0 Å². The van der Waals surface area contributed by atoms with Crippen LogP contribution >= 0.6 is 0 Å². The van der Waals surface area contributed by atoms with Crippen LogP contribution in [0, 0.1) is 11.6 Å². The number of nitrogens with one attached hydrogen (secondary N) is 1. The molecule has 1 aliphatic heterocycles. The molecule has 5 nitrogen and oxygen atoms in total. The minimum absolute atomic E-state index is 0.108. The third-order valence-corrected chi connectivity index (χ3v) is 5.16. The first-order valence-corrected chi connectivity index (χ1v) is 7.50. The lowest BCUT2D eigenvalue weighted by Gasteiger charge is -2.22. The monoisotopic (exact) mass is 304 g/mol. The molecule has 1 aromatic rings. The summed E-state index contributed by atoms with van der Waals surface area (Å²) in [4.78, 5) is 10.9. The summed E-state index contributed by atoms with van der Waals surface area (Å²) in [5.41, 5.74) is 0. The minimum atomic E-state index is -4.24. The molecule has 1 saturated heterocycles. The van der Waals surface area contributed by atoms with Crippen molar-refractivity contribution in [2.75, 3.05) is 13.6 Å². The number of sulfonamides is 1. The van der Waals surface area contributed by atoms with E-state index in [-0.39, 0.29) is 6.54 Å². The molecule has 0 spiro atoms. The van der Waals surface area contributed by atoms with Gasteiger partial charge in [0.1, 0.15) is 22.6 Å². The van der Waals surface area contributed by atoms with Crippen LogP contribution < -0.4 is 5.32 Å². The highest BCUT2D eigenvalue weighted by molar-refractivity contribution is 7.89. The van der Waals surface area contributed by atoms with Gasteiger partial charge in [-0.25, -0.2) is 17.2 Å². The van der Waals surface area contributed by atoms with Gasteiger partial charge in [0, 0.05) is 13.6 Å². The van der Waals surface area contributed by atoms with Crippen molar-refractivity contribution < 1.29 is 22.0 Å². The molecule has 1 atom stereocenters. The third-order valence-electron chi connectivity index (χ3n) is 3.23. The normalized spacial score (nSPS) is 20.1. The fourth-order valence-electron chi connectivity index (χ4n) is 2.26. The lowest BCUT2D eigenvalue weighted by Crippen LogP contribution is -2.45. The number of carbonyl (C=O) groups is 1. The van der Waals surface area contributed by atoms with Gasteiger partial charge in [0.05, 0.1) is 0 Å². The van der Waals surface area contributed by atoms with Gasteiger partial charge in [-0.15, -0.1) is 0 Å². The number of amides is 1. The van der Waals surface area contributed by atoms with Gasteiger partial charge in [0.25, 0.3) is 0 Å². The molecule has 0 saturated carbocycles. The van der Waals surface area contributed by atoms with E-state index in [2.05, 4.69) is 5.32 Å². The second-order valence-corrected chi connectivity index (χ2v) is 6.32. The van der Waals surface area contributed by atoms with E-state index in [4.69, 9.17) is 0 Å². The zero-order valence-corrected chi connectivity index (χ0v) is 11.6. The number of halogens is 2. The first-order chi connectivity index (χ1) is 9.37. The van der Waals surface area contributed by atoms with Crippen LogP contribution in [0.4, 0.5) is 8.78 Å². The fraction of sp³-hybridized carbons (Fsp3) is 0.417. The fourth-order valence-corrected chi connectivity index (χ4v) is 3.99. The summed E-state index contributed by atoms with van der Waals surface area (Å²) in [6.45, 7) is 0.108. The van der Waals surface area contributed by atoms with Crippen LogP contribution in [-0.4, -0.2) is 38.3 Å². The molecule has 0 aromatic heterocycles. The van der Waals surface area contributed by atoms with Gasteiger partial charge in [-0.1, -0.05) is 0 Å². The summed E-state index contributed by atoms with van der Waals surface area (Å²) in [7, 11) is -2.84. The van der Waals surface area contributed by atoms with Crippen LogP contribution in [0.2, 0.25) is 0 Å². The van der Waals surface area contributed by atoms with E-state index < -0.39 is 38.5 Å². The molecule has 20 heavy (non-hydrogen) atoms. The first kappa shape index (κ1) is 14.9. The third kappa shape index (κ3) is 2.53. The Hall–Kier alpha value is -1.54. The van der Waals surface area contributed by atoms with E-state index in [1.165, 1.54) is 7.05 Å². The highest BCUT2D eigenvalue weighted by Crippen LogP contribution is 2.28. The largest absolute Gasteiger partial charge is 0.358 e. The standard InChI is InChI=1S/C12H14F2N2O3S/c1-15-12(17)10-3-2-6-16(10)20(18,19)11-7-8(13)4-5-9(11)14/h4-5,7,10H,2-3,6H2,1H3,(H,15,17). The Balaban J connectivity index is 2.44. The van der Waals surface area contributed by atoms with Crippen LogP contribution in [0.25, 0.3) is 0 Å². The van der Waals surface area contributed by atoms with Crippen LogP contribution in [0.5, 0.6) is 0 Å². The van der Waals surface area contributed by atoms with Crippen molar-refractivity contribution in [2.45, 2.75) is 23.8 Å². The van der Waals surface area contributed by atoms with E-state index >= 15 is 0 Å². The van der Waals surface area contributed by atoms with Gasteiger partial charge in [0.15, 0.2) is 0 Å². The molecule has 0 bridgehead atoms. The molecule has 2 rings (SSSR count). The second-order valence-electron chi connectivity index (χ2n) is 4.46.